The summed E-state index contributed by atoms with van der Waals surface area (Å²) in [6.07, 6.45) is 1.60. The molecule has 0 aromatic heterocycles. The standard InChI is InChI=1S/C24H30ClN3O2/c1-24(2,3)27-23(30)20-6-4-5-7-21(20)26-22(29)18-12-14-28(15-13-18)16-17-8-10-19(25)11-9-17/h4-11,18H,12-16H2,1-3H3,(H,26,29)(H,27,30). The van der Waals surface area contributed by atoms with Gasteiger partial charge in [-0.05, 0) is 76.5 Å². The summed E-state index contributed by atoms with van der Waals surface area (Å²) < 4.78 is 0. The molecule has 2 N–H and O–H groups in total. The number of hydrogen-bond donors (Lipinski definition) is 2. The van der Waals surface area contributed by atoms with Crippen LogP contribution in [-0.4, -0.2) is 35.3 Å². The fraction of sp³-hybridized carbons (Fsp3) is 0.417. The van der Waals surface area contributed by atoms with E-state index in [0.29, 0.717) is 11.3 Å². The number of nitrogens with zero attached hydrogens (tertiary/aromatic N) is 1. The molecule has 30 heavy (non-hydrogen) atoms. The summed E-state index contributed by atoms with van der Waals surface area (Å²) in [6, 6.07) is 15.1. The number of halogens is 1. The van der Waals surface area contributed by atoms with Crippen molar-refractivity contribution in [2.24, 2.45) is 5.92 Å². The molecular formula is C24H30ClN3O2. The predicted octanol–water partition coefficient (Wildman–Crippen LogP) is 4.72. The van der Waals surface area contributed by atoms with Gasteiger partial charge in [-0.2, -0.15) is 0 Å². The summed E-state index contributed by atoms with van der Waals surface area (Å²) in [5.41, 5.74) is 1.93. The van der Waals surface area contributed by atoms with Gasteiger partial charge in [-0.25, -0.2) is 0 Å². The van der Waals surface area contributed by atoms with E-state index in [1.165, 1.54) is 5.56 Å². The second-order valence-corrected chi connectivity index (χ2v) is 9.35. The van der Waals surface area contributed by atoms with Gasteiger partial charge >= 0.3 is 0 Å². The van der Waals surface area contributed by atoms with E-state index in [-0.39, 0.29) is 23.3 Å². The third kappa shape index (κ3) is 6.31. The van der Waals surface area contributed by atoms with Gasteiger partial charge in [-0.15, -0.1) is 0 Å². The number of benzene rings is 2. The molecule has 0 bridgehead atoms. The van der Waals surface area contributed by atoms with Crippen LogP contribution in [0.25, 0.3) is 0 Å². The van der Waals surface area contributed by atoms with Crippen LogP contribution in [0.15, 0.2) is 48.5 Å². The summed E-state index contributed by atoms with van der Waals surface area (Å²) in [5, 5.41) is 6.68. The zero-order valence-corrected chi connectivity index (χ0v) is 18.6. The van der Waals surface area contributed by atoms with Gasteiger partial charge in [-0.3, -0.25) is 14.5 Å². The van der Waals surface area contributed by atoms with Crippen LogP contribution in [0, 0.1) is 5.92 Å². The molecule has 6 heteroatoms. The number of carbonyl (C=O) groups is 2. The lowest BCUT2D eigenvalue weighted by Crippen LogP contribution is -2.41. The minimum Gasteiger partial charge on any atom is -0.347 e. The van der Waals surface area contributed by atoms with Crippen LogP contribution in [0.1, 0.15) is 49.5 Å². The zero-order valence-electron chi connectivity index (χ0n) is 17.9. The highest BCUT2D eigenvalue weighted by molar-refractivity contribution is 6.30. The molecule has 5 nitrogen and oxygen atoms in total. The molecule has 3 rings (SSSR count). The maximum atomic E-state index is 12.9. The second kappa shape index (κ2) is 9.63. The Morgan fingerprint density at radius 3 is 2.30 bits per heavy atom. The first-order valence-corrected chi connectivity index (χ1v) is 10.8. The van der Waals surface area contributed by atoms with E-state index in [9.17, 15) is 9.59 Å². The molecule has 1 aliphatic heterocycles. The average molecular weight is 428 g/mol. The molecule has 0 unspecified atom stereocenters. The number of piperidine rings is 1. The van der Waals surface area contributed by atoms with Crippen molar-refractivity contribution in [2.45, 2.75) is 45.7 Å². The Bertz CT molecular complexity index is 882. The molecule has 2 amide bonds. The number of rotatable bonds is 5. The van der Waals surface area contributed by atoms with Crippen LogP contribution < -0.4 is 10.6 Å². The van der Waals surface area contributed by atoms with Crippen molar-refractivity contribution in [3.8, 4) is 0 Å². The quantitative estimate of drug-likeness (QED) is 0.725. The van der Waals surface area contributed by atoms with Gasteiger partial charge in [0.25, 0.3) is 5.91 Å². The summed E-state index contributed by atoms with van der Waals surface area (Å²) in [4.78, 5) is 27.8. The number of nitrogens with one attached hydrogen (secondary N) is 2. The van der Waals surface area contributed by atoms with Crippen LogP contribution in [0.3, 0.4) is 0 Å². The third-order valence-corrected chi connectivity index (χ3v) is 5.45. The van der Waals surface area contributed by atoms with E-state index in [4.69, 9.17) is 11.6 Å². The summed E-state index contributed by atoms with van der Waals surface area (Å²) >= 11 is 5.95. The Morgan fingerprint density at radius 1 is 1.03 bits per heavy atom. The molecule has 1 saturated heterocycles. The van der Waals surface area contributed by atoms with Crippen molar-refractivity contribution in [2.75, 3.05) is 18.4 Å². The first-order chi connectivity index (χ1) is 14.2. The number of para-hydroxylation sites is 1. The van der Waals surface area contributed by atoms with E-state index < -0.39 is 0 Å². The van der Waals surface area contributed by atoms with Crippen LogP contribution in [-0.2, 0) is 11.3 Å². The molecule has 160 valence electrons. The van der Waals surface area contributed by atoms with Crippen LogP contribution in [0.4, 0.5) is 5.69 Å². The monoisotopic (exact) mass is 427 g/mol. The highest BCUT2D eigenvalue weighted by Crippen LogP contribution is 2.23. The van der Waals surface area contributed by atoms with Gasteiger partial charge in [-0.1, -0.05) is 35.9 Å². The molecule has 0 atom stereocenters. The van der Waals surface area contributed by atoms with E-state index >= 15 is 0 Å². The molecular weight excluding hydrogens is 398 g/mol. The number of hydrogen-bond acceptors (Lipinski definition) is 3. The van der Waals surface area contributed by atoms with Gasteiger partial charge in [0.05, 0.1) is 11.3 Å². The minimum absolute atomic E-state index is 0.0165. The molecule has 0 radical (unpaired) electrons. The molecule has 0 spiro atoms. The fourth-order valence-electron chi connectivity index (χ4n) is 3.63. The van der Waals surface area contributed by atoms with Crippen molar-refractivity contribution in [1.82, 2.24) is 10.2 Å². The van der Waals surface area contributed by atoms with Gasteiger partial charge in [0.15, 0.2) is 0 Å². The summed E-state index contributed by atoms with van der Waals surface area (Å²) in [6.45, 7) is 8.40. The largest absolute Gasteiger partial charge is 0.347 e. The zero-order chi connectivity index (χ0) is 21.7. The minimum atomic E-state index is -0.342. The molecule has 2 aromatic rings. The summed E-state index contributed by atoms with van der Waals surface area (Å²) in [7, 11) is 0. The maximum absolute atomic E-state index is 12.9. The molecule has 1 aliphatic rings. The van der Waals surface area contributed by atoms with E-state index in [2.05, 4.69) is 15.5 Å². The Morgan fingerprint density at radius 2 is 1.67 bits per heavy atom. The Balaban J connectivity index is 1.56. The lowest BCUT2D eigenvalue weighted by atomic mass is 9.95. The molecule has 2 aromatic carbocycles. The number of amides is 2. The number of anilines is 1. The van der Waals surface area contributed by atoms with Crippen molar-refractivity contribution in [3.05, 3.63) is 64.7 Å². The third-order valence-electron chi connectivity index (χ3n) is 5.20. The van der Waals surface area contributed by atoms with Crippen LogP contribution >= 0.6 is 11.6 Å². The Kier molecular flexibility index (Phi) is 7.16. The molecule has 1 fully saturated rings. The SMILES string of the molecule is CC(C)(C)NC(=O)c1ccccc1NC(=O)C1CCN(Cc2ccc(Cl)cc2)CC1. The highest BCUT2D eigenvalue weighted by atomic mass is 35.5. The van der Waals surface area contributed by atoms with Crippen LogP contribution in [0.5, 0.6) is 0 Å². The average Bonchev–Trinajstić information content (AvgIpc) is 2.69. The lowest BCUT2D eigenvalue weighted by molar-refractivity contribution is -0.121. The Hall–Kier alpha value is -2.37. The van der Waals surface area contributed by atoms with Crippen molar-refractivity contribution in [1.29, 1.82) is 0 Å². The van der Waals surface area contributed by atoms with E-state index in [1.54, 1.807) is 12.1 Å². The first-order valence-electron chi connectivity index (χ1n) is 10.4. The van der Waals surface area contributed by atoms with Gasteiger partial charge in [0.2, 0.25) is 5.91 Å². The maximum Gasteiger partial charge on any atom is 0.253 e. The summed E-state index contributed by atoms with van der Waals surface area (Å²) in [5.74, 6) is -0.251. The molecule has 0 aliphatic carbocycles. The molecule has 1 heterocycles. The van der Waals surface area contributed by atoms with Gasteiger partial charge in [0.1, 0.15) is 0 Å². The highest BCUT2D eigenvalue weighted by Gasteiger charge is 2.26. The lowest BCUT2D eigenvalue weighted by Gasteiger charge is -2.31. The Labute approximate surface area is 183 Å². The van der Waals surface area contributed by atoms with E-state index in [1.807, 2.05) is 57.2 Å². The van der Waals surface area contributed by atoms with Crippen LogP contribution in [0.2, 0.25) is 5.02 Å². The topological polar surface area (TPSA) is 61.4 Å². The van der Waals surface area contributed by atoms with Crippen molar-refractivity contribution >= 4 is 29.1 Å². The first kappa shape index (κ1) is 22.3. The van der Waals surface area contributed by atoms with Crippen molar-refractivity contribution < 1.29 is 9.59 Å². The number of carbonyl (C=O) groups excluding carboxylic acids is 2. The van der Waals surface area contributed by atoms with Gasteiger partial charge in [0, 0.05) is 23.0 Å². The van der Waals surface area contributed by atoms with E-state index in [0.717, 1.165) is 37.5 Å². The normalized spacial score (nSPS) is 15.6. The van der Waals surface area contributed by atoms with Gasteiger partial charge < -0.3 is 10.6 Å². The second-order valence-electron chi connectivity index (χ2n) is 8.92. The molecule has 0 saturated carbocycles. The smallest absolute Gasteiger partial charge is 0.253 e. The number of likely N-dealkylation sites (tertiary alicyclic amines) is 1. The van der Waals surface area contributed by atoms with Crippen molar-refractivity contribution in [3.63, 3.8) is 0 Å². The fourth-order valence-corrected chi connectivity index (χ4v) is 3.76. The predicted molar refractivity (Wildman–Crippen MR) is 122 cm³/mol.